The first-order valence-electron chi connectivity index (χ1n) is 16.3. The second-order valence-corrected chi connectivity index (χ2v) is 14.2. The Balaban J connectivity index is 1.56. The molecule has 46 heavy (non-hydrogen) atoms. The number of rotatable bonds is 10. The van der Waals surface area contributed by atoms with Gasteiger partial charge in [-0.15, -0.1) is 0 Å². The molecule has 1 heterocycles. The van der Waals surface area contributed by atoms with Crippen molar-refractivity contribution in [3.63, 3.8) is 0 Å². The highest BCUT2D eigenvalue weighted by atomic mass is 31.1. The molecule has 0 saturated heterocycles. The molecule has 1 aliphatic rings. The van der Waals surface area contributed by atoms with Crippen LogP contribution in [0.15, 0.2) is 134 Å². The van der Waals surface area contributed by atoms with Crippen LogP contribution in [0.1, 0.15) is 50.3 Å². The molecule has 5 aromatic rings. The highest BCUT2D eigenvalue weighted by Crippen LogP contribution is 2.48. The highest BCUT2D eigenvalue weighted by Gasteiger charge is 2.28. The number of anilines is 3. The summed E-state index contributed by atoms with van der Waals surface area (Å²) in [5.74, 6) is 0. The first kappa shape index (κ1) is 31.3. The van der Waals surface area contributed by atoms with Crippen LogP contribution in [0, 0.1) is 0 Å². The Kier molecular flexibility index (Phi) is 9.67. The summed E-state index contributed by atoms with van der Waals surface area (Å²) in [6.45, 7) is 11.7. The smallest absolute Gasteiger partial charge is 0.0647 e. The lowest BCUT2D eigenvalue weighted by atomic mass is 9.89. The fourth-order valence-electron chi connectivity index (χ4n) is 6.85. The van der Waals surface area contributed by atoms with Crippen molar-refractivity contribution in [2.24, 2.45) is 0 Å². The number of nitrogen functional groups attached to an aromatic ring is 1. The van der Waals surface area contributed by atoms with Gasteiger partial charge in [0.1, 0.15) is 0 Å². The summed E-state index contributed by atoms with van der Waals surface area (Å²) in [4.78, 5) is 2.37. The summed E-state index contributed by atoms with van der Waals surface area (Å²) in [6, 6.07) is 39.6. The Bertz CT molecular complexity index is 1900. The molecule has 0 fully saturated rings. The van der Waals surface area contributed by atoms with Crippen LogP contribution >= 0.6 is 7.92 Å². The summed E-state index contributed by atoms with van der Waals surface area (Å²) in [5.41, 5.74) is 18.7. The highest BCUT2D eigenvalue weighted by molar-refractivity contribution is 7.74. The Morgan fingerprint density at radius 3 is 2.26 bits per heavy atom. The van der Waals surface area contributed by atoms with E-state index in [9.17, 15) is 0 Å². The average molecular weight is 619 g/mol. The summed E-state index contributed by atoms with van der Waals surface area (Å²) in [7, 11) is -0.653. The van der Waals surface area contributed by atoms with Crippen LogP contribution in [-0.4, -0.2) is 5.66 Å². The number of fused-ring (bicyclic) bond motifs is 3. The van der Waals surface area contributed by atoms with Gasteiger partial charge in [-0.2, -0.15) is 0 Å². The second kappa shape index (κ2) is 14.2. The molecule has 6 rings (SSSR count). The zero-order valence-corrected chi connectivity index (χ0v) is 28.1. The van der Waals surface area contributed by atoms with Gasteiger partial charge < -0.3 is 10.6 Å². The summed E-state index contributed by atoms with van der Waals surface area (Å²) in [5, 5.41) is 2.79. The van der Waals surface area contributed by atoms with E-state index in [0.29, 0.717) is 5.66 Å². The molecule has 0 amide bonds. The molecule has 2 atom stereocenters. The second-order valence-electron chi connectivity index (χ2n) is 11.8. The molecule has 0 spiro atoms. The number of hydrogen-bond acceptors (Lipinski definition) is 2. The molecule has 230 valence electrons. The SMILES string of the molecule is C=Cc1c(P(c2ccccc2)C(/C=C\C)CCC)ccc(-c2ccc3c(c2)N(c2ccccc2N)Cc2ccccc2-3)c1/C=C\C. The Hall–Kier alpha value is -4.65. The van der Waals surface area contributed by atoms with E-state index in [4.69, 9.17) is 5.73 Å². The van der Waals surface area contributed by atoms with Crippen molar-refractivity contribution >= 4 is 47.7 Å². The van der Waals surface area contributed by atoms with E-state index in [-0.39, 0.29) is 0 Å². The third-order valence-electron chi connectivity index (χ3n) is 8.89. The van der Waals surface area contributed by atoms with E-state index in [0.717, 1.165) is 30.8 Å². The average Bonchev–Trinajstić information content (AvgIpc) is 3.09. The number of nitrogens with two attached hydrogens (primary N) is 1. The van der Waals surface area contributed by atoms with Gasteiger partial charge in [0.2, 0.25) is 0 Å². The minimum absolute atomic E-state index is 0.448. The molecule has 2 nitrogen and oxygen atoms in total. The molecule has 0 aliphatic carbocycles. The molecule has 0 bridgehead atoms. The summed E-state index contributed by atoms with van der Waals surface area (Å²) in [6.07, 6.45) is 13.4. The van der Waals surface area contributed by atoms with Gasteiger partial charge in [-0.05, 0) is 90.4 Å². The maximum Gasteiger partial charge on any atom is 0.0647 e. The Morgan fingerprint density at radius 1 is 0.783 bits per heavy atom. The molecule has 0 saturated carbocycles. The minimum atomic E-state index is -0.653. The third kappa shape index (κ3) is 5.98. The number of hydrogen-bond donors (Lipinski definition) is 1. The van der Waals surface area contributed by atoms with Gasteiger partial charge >= 0.3 is 0 Å². The van der Waals surface area contributed by atoms with Crippen molar-refractivity contribution in [2.75, 3.05) is 10.6 Å². The van der Waals surface area contributed by atoms with E-state index in [1.807, 2.05) is 12.1 Å². The maximum absolute atomic E-state index is 6.57. The van der Waals surface area contributed by atoms with Crippen molar-refractivity contribution in [3.8, 4) is 22.3 Å². The van der Waals surface area contributed by atoms with Crippen LogP contribution < -0.4 is 21.2 Å². The predicted molar refractivity (Wildman–Crippen MR) is 205 cm³/mol. The van der Waals surface area contributed by atoms with E-state index in [1.165, 1.54) is 55.2 Å². The van der Waals surface area contributed by atoms with E-state index in [2.05, 4.69) is 160 Å². The quantitative estimate of drug-likeness (QED) is 0.0958. The van der Waals surface area contributed by atoms with Crippen molar-refractivity contribution < 1.29 is 0 Å². The van der Waals surface area contributed by atoms with Crippen LogP contribution in [0.5, 0.6) is 0 Å². The van der Waals surface area contributed by atoms with Gasteiger partial charge in [-0.3, -0.25) is 0 Å². The molecule has 5 aromatic carbocycles. The molecule has 2 unspecified atom stereocenters. The van der Waals surface area contributed by atoms with Crippen LogP contribution in [-0.2, 0) is 6.54 Å². The molecule has 3 heteroatoms. The number of nitrogens with zero attached hydrogens (tertiary/aromatic N) is 1. The van der Waals surface area contributed by atoms with Gasteiger partial charge in [0.05, 0.1) is 17.1 Å². The molecule has 0 aromatic heterocycles. The number of para-hydroxylation sites is 2. The van der Waals surface area contributed by atoms with Gasteiger partial charge in [-0.25, -0.2) is 0 Å². The van der Waals surface area contributed by atoms with Gasteiger partial charge in [-0.1, -0.05) is 141 Å². The van der Waals surface area contributed by atoms with Crippen LogP contribution in [0.25, 0.3) is 34.4 Å². The first-order valence-corrected chi connectivity index (χ1v) is 17.7. The zero-order chi connectivity index (χ0) is 32.0. The molecular weight excluding hydrogens is 575 g/mol. The monoisotopic (exact) mass is 618 g/mol. The van der Waals surface area contributed by atoms with Gasteiger partial charge in [0.15, 0.2) is 0 Å². The van der Waals surface area contributed by atoms with E-state index in [1.54, 1.807) is 0 Å². The van der Waals surface area contributed by atoms with Gasteiger partial charge in [0, 0.05) is 17.8 Å². The van der Waals surface area contributed by atoms with Crippen LogP contribution in [0.3, 0.4) is 0 Å². The lowest BCUT2D eigenvalue weighted by Gasteiger charge is -2.34. The van der Waals surface area contributed by atoms with Crippen LogP contribution in [0.2, 0.25) is 0 Å². The molecular formula is C43H43N2P. The molecule has 2 N–H and O–H groups in total. The van der Waals surface area contributed by atoms with Crippen molar-refractivity contribution in [1.29, 1.82) is 0 Å². The normalized spacial score (nSPS) is 13.8. The van der Waals surface area contributed by atoms with Crippen molar-refractivity contribution in [3.05, 3.63) is 151 Å². The van der Waals surface area contributed by atoms with Crippen LogP contribution in [0.4, 0.5) is 17.1 Å². The topological polar surface area (TPSA) is 29.3 Å². The third-order valence-corrected chi connectivity index (χ3v) is 11.7. The largest absolute Gasteiger partial charge is 0.397 e. The standard InChI is InChI=1S/C43H43N2P/c1-5-16-33(17-6-2)46(34-20-10-9-11-21-34)43-28-27-37(38(18-7-3)35(43)8-4)31-25-26-39-36-22-13-12-19-32(36)30-45(42(39)29-31)41-24-15-14-23-40(41)44/h5,7-16,18-29,33H,4,6,17,30,44H2,1-3H3/b16-5-,18-7-. The first-order chi connectivity index (χ1) is 22.6. The summed E-state index contributed by atoms with van der Waals surface area (Å²) >= 11 is 0. The Morgan fingerprint density at radius 2 is 1.52 bits per heavy atom. The van der Waals surface area contributed by atoms with Crippen molar-refractivity contribution in [1.82, 2.24) is 0 Å². The van der Waals surface area contributed by atoms with E-state index < -0.39 is 7.92 Å². The molecule has 1 aliphatic heterocycles. The molecule has 0 radical (unpaired) electrons. The minimum Gasteiger partial charge on any atom is -0.397 e. The lowest BCUT2D eigenvalue weighted by Crippen LogP contribution is -2.23. The number of benzene rings is 5. The number of allylic oxidation sites excluding steroid dienone is 3. The fourth-order valence-corrected chi connectivity index (χ4v) is 9.93. The fraction of sp³-hybridized carbons (Fsp3) is 0.163. The lowest BCUT2D eigenvalue weighted by molar-refractivity contribution is 0.822. The zero-order valence-electron chi connectivity index (χ0n) is 27.2. The Labute approximate surface area is 276 Å². The maximum atomic E-state index is 6.57. The predicted octanol–water partition coefficient (Wildman–Crippen LogP) is 11.1. The summed E-state index contributed by atoms with van der Waals surface area (Å²) < 4.78 is 0. The van der Waals surface area contributed by atoms with Gasteiger partial charge in [0.25, 0.3) is 0 Å². The van der Waals surface area contributed by atoms with E-state index >= 15 is 0 Å². The van der Waals surface area contributed by atoms with Crippen molar-refractivity contribution in [2.45, 2.75) is 45.8 Å².